The molecule has 0 amide bonds. The average molecular weight is 519 g/mol. The van der Waals surface area contributed by atoms with Gasteiger partial charge in [-0.05, 0) is 54.3 Å². The van der Waals surface area contributed by atoms with Crippen molar-refractivity contribution in [3.05, 3.63) is 102 Å². The van der Waals surface area contributed by atoms with Crippen LogP contribution >= 0.6 is 0 Å². The van der Waals surface area contributed by atoms with Crippen molar-refractivity contribution in [3.63, 3.8) is 0 Å². The molecule has 3 atom stereocenters. The number of hydrogen-bond acceptors (Lipinski definition) is 4. The maximum absolute atomic E-state index is 13.2. The van der Waals surface area contributed by atoms with E-state index in [9.17, 15) is 18.0 Å². The van der Waals surface area contributed by atoms with E-state index in [1.807, 2.05) is 49.4 Å². The van der Waals surface area contributed by atoms with Crippen LogP contribution in [0.15, 0.2) is 85.1 Å². The van der Waals surface area contributed by atoms with Crippen molar-refractivity contribution in [1.82, 2.24) is 9.88 Å². The molecule has 0 saturated carbocycles. The molecule has 0 spiro atoms. The Labute approximate surface area is 221 Å². The molecular weight excluding hydrogens is 489 g/mol. The van der Waals surface area contributed by atoms with Gasteiger partial charge in [0.1, 0.15) is 6.10 Å². The zero-order chi connectivity index (χ0) is 27.3. The lowest BCUT2D eigenvalue weighted by molar-refractivity contribution is -0.150. The molecule has 2 heterocycles. The number of nitrogens with zero attached hydrogens (tertiary/aromatic N) is 2. The fourth-order valence-corrected chi connectivity index (χ4v) is 4.74. The van der Waals surface area contributed by atoms with Gasteiger partial charge in [-0.3, -0.25) is 14.7 Å². The van der Waals surface area contributed by atoms with E-state index >= 15 is 0 Å². The molecule has 1 aromatic heterocycles. The summed E-state index contributed by atoms with van der Waals surface area (Å²) >= 11 is 0. The number of rotatable bonds is 5. The number of aromatic nitrogens is 1. The van der Waals surface area contributed by atoms with E-state index in [0.29, 0.717) is 30.5 Å². The second-order valence-electron chi connectivity index (χ2n) is 9.42. The van der Waals surface area contributed by atoms with Crippen molar-refractivity contribution in [1.29, 1.82) is 0 Å². The number of ether oxygens (including phenoxy) is 1. The standard InChI is InChI=1S/C31H29F3N2O2/c1-21(2)7-16-29(24-10-8-23(9-11-24)28-6-4-5-18-35-28)36-19-17-27(38-22(3)37)20-30(36)25-12-14-26(15-13-25)31(32,33)34/h4-6,8-15,18,27,29-30H,1,17,19-20H2,2-3H3/t27-,29-,30+/m1/s1. The molecule has 38 heavy (non-hydrogen) atoms. The molecule has 0 bridgehead atoms. The lowest BCUT2D eigenvalue weighted by Crippen LogP contribution is -2.42. The summed E-state index contributed by atoms with van der Waals surface area (Å²) in [5, 5.41) is 0. The Morgan fingerprint density at radius 1 is 1.08 bits per heavy atom. The number of allylic oxidation sites excluding steroid dienone is 1. The Balaban J connectivity index is 1.72. The number of piperidine rings is 1. The molecule has 4 rings (SSSR count). The van der Waals surface area contributed by atoms with Gasteiger partial charge in [0.15, 0.2) is 0 Å². The fourth-order valence-electron chi connectivity index (χ4n) is 4.74. The van der Waals surface area contributed by atoms with Crippen molar-refractivity contribution >= 4 is 5.97 Å². The van der Waals surface area contributed by atoms with Crippen LogP contribution in [0.3, 0.4) is 0 Å². The summed E-state index contributed by atoms with van der Waals surface area (Å²) in [7, 11) is 0. The largest absolute Gasteiger partial charge is 0.462 e. The van der Waals surface area contributed by atoms with Crippen molar-refractivity contribution in [3.8, 4) is 23.1 Å². The summed E-state index contributed by atoms with van der Waals surface area (Å²) < 4.78 is 45.2. The van der Waals surface area contributed by atoms with Gasteiger partial charge >= 0.3 is 12.1 Å². The smallest absolute Gasteiger partial charge is 0.416 e. The maximum Gasteiger partial charge on any atom is 0.416 e. The number of alkyl halides is 3. The number of carbonyl (C=O) groups is 1. The number of carbonyl (C=O) groups excluding carboxylic acids is 1. The first-order valence-electron chi connectivity index (χ1n) is 12.4. The van der Waals surface area contributed by atoms with Crippen molar-refractivity contribution < 1.29 is 22.7 Å². The third kappa shape index (κ3) is 6.70. The summed E-state index contributed by atoms with van der Waals surface area (Å²) in [4.78, 5) is 18.3. The number of halogens is 3. The minimum Gasteiger partial charge on any atom is -0.462 e. The monoisotopic (exact) mass is 518 g/mol. The van der Waals surface area contributed by atoms with Crippen LogP contribution in [0, 0.1) is 11.8 Å². The number of esters is 1. The summed E-state index contributed by atoms with van der Waals surface area (Å²) in [5.41, 5.74) is 3.48. The van der Waals surface area contributed by atoms with Crippen LogP contribution in [0.1, 0.15) is 55.5 Å². The molecule has 1 aliphatic heterocycles. The van der Waals surface area contributed by atoms with Crippen molar-refractivity contribution in [2.45, 2.75) is 51.1 Å². The molecule has 3 aromatic rings. The number of pyridine rings is 1. The molecule has 7 heteroatoms. The SMILES string of the molecule is C=C(C)C#C[C@H](c1ccc(-c2ccccn2)cc1)N1CC[C@@H](OC(C)=O)C[C@H]1c1ccc(C(F)(F)F)cc1. The van der Waals surface area contributed by atoms with Gasteiger partial charge in [0.25, 0.3) is 0 Å². The van der Waals surface area contributed by atoms with Gasteiger partial charge in [-0.2, -0.15) is 13.2 Å². The van der Waals surface area contributed by atoms with E-state index in [0.717, 1.165) is 29.0 Å². The molecule has 2 aromatic carbocycles. The highest BCUT2D eigenvalue weighted by Crippen LogP contribution is 2.40. The fraction of sp³-hybridized carbons (Fsp3) is 0.290. The molecule has 196 valence electrons. The highest BCUT2D eigenvalue weighted by atomic mass is 19.4. The highest BCUT2D eigenvalue weighted by molar-refractivity contribution is 5.66. The molecule has 1 fully saturated rings. The number of hydrogen-bond donors (Lipinski definition) is 0. The van der Waals surface area contributed by atoms with Gasteiger partial charge in [0.2, 0.25) is 0 Å². The van der Waals surface area contributed by atoms with E-state index in [1.54, 1.807) is 6.20 Å². The number of benzene rings is 2. The molecule has 4 nitrogen and oxygen atoms in total. The van der Waals surface area contributed by atoms with E-state index in [2.05, 4.69) is 28.3 Å². The van der Waals surface area contributed by atoms with Crippen LogP contribution in [0.5, 0.6) is 0 Å². The van der Waals surface area contributed by atoms with Crippen LogP contribution in [-0.2, 0) is 15.7 Å². The van der Waals surface area contributed by atoms with E-state index < -0.39 is 11.7 Å². The van der Waals surface area contributed by atoms with E-state index in [1.165, 1.54) is 19.1 Å². The van der Waals surface area contributed by atoms with Crippen molar-refractivity contribution in [2.75, 3.05) is 6.54 Å². The topological polar surface area (TPSA) is 42.4 Å². The van der Waals surface area contributed by atoms with Crippen LogP contribution in [-0.4, -0.2) is 28.5 Å². The molecule has 0 N–H and O–H groups in total. The van der Waals surface area contributed by atoms with Crippen LogP contribution in [0.2, 0.25) is 0 Å². The summed E-state index contributed by atoms with van der Waals surface area (Å²) in [6, 6.07) is 18.3. The maximum atomic E-state index is 13.2. The summed E-state index contributed by atoms with van der Waals surface area (Å²) in [5.74, 6) is 6.05. The van der Waals surface area contributed by atoms with Gasteiger partial charge in [-0.15, -0.1) is 0 Å². The van der Waals surface area contributed by atoms with E-state index in [4.69, 9.17) is 4.74 Å². The molecule has 0 radical (unpaired) electrons. The quantitative estimate of drug-likeness (QED) is 0.266. The lowest BCUT2D eigenvalue weighted by Gasteiger charge is -2.42. The second kappa shape index (κ2) is 11.7. The number of likely N-dealkylation sites (tertiary alicyclic amines) is 1. The molecule has 0 aliphatic carbocycles. The minimum atomic E-state index is -4.42. The first-order chi connectivity index (χ1) is 18.1. The van der Waals surface area contributed by atoms with E-state index in [-0.39, 0.29) is 24.2 Å². The highest BCUT2D eigenvalue weighted by Gasteiger charge is 2.36. The van der Waals surface area contributed by atoms with Crippen molar-refractivity contribution in [2.24, 2.45) is 0 Å². The second-order valence-corrected chi connectivity index (χ2v) is 9.42. The summed E-state index contributed by atoms with van der Waals surface area (Å²) in [6.07, 6.45) is -1.98. The third-order valence-corrected chi connectivity index (χ3v) is 6.49. The zero-order valence-corrected chi connectivity index (χ0v) is 21.3. The Morgan fingerprint density at radius 3 is 2.37 bits per heavy atom. The van der Waals surface area contributed by atoms with Gasteiger partial charge in [-0.1, -0.05) is 60.9 Å². The first-order valence-corrected chi connectivity index (χ1v) is 12.4. The average Bonchev–Trinajstić information content (AvgIpc) is 2.89. The zero-order valence-electron chi connectivity index (χ0n) is 21.3. The van der Waals surface area contributed by atoms with Gasteiger partial charge in [-0.25, -0.2) is 0 Å². The van der Waals surface area contributed by atoms with Crippen LogP contribution < -0.4 is 0 Å². The van der Waals surface area contributed by atoms with Gasteiger partial charge < -0.3 is 4.74 Å². The molecule has 1 saturated heterocycles. The molecule has 1 aliphatic rings. The Bertz CT molecular complexity index is 1320. The van der Waals surface area contributed by atoms with Gasteiger partial charge in [0, 0.05) is 37.7 Å². The Hall–Kier alpha value is -3.89. The molecular formula is C31H29F3N2O2. The predicted molar refractivity (Wildman–Crippen MR) is 141 cm³/mol. The lowest BCUT2D eigenvalue weighted by atomic mass is 9.89. The minimum absolute atomic E-state index is 0.310. The van der Waals surface area contributed by atoms with Gasteiger partial charge in [0.05, 0.1) is 17.3 Å². The molecule has 0 unspecified atom stereocenters. The van der Waals surface area contributed by atoms with Crippen LogP contribution in [0.25, 0.3) is 11.3 Å². The third-order valence-electron chi connectivity index (χ3n) is 6.49. The predicted octanol–water partition coefficient (Wildman–Crippen LogP) is 7.16. The Kier molecular flexibility index (Phi) is 8.33. The van der Waals surface area contributed by atoms with Crippen LogP contribution in [0.4, 0.5) is 13.2 Å². The Morgan fingerprint density at radius 2 is 1.79 bits per heavy atom. The first kappa shape index (κ1) is 27.2. The normalized spacial score (nSPS) is 18.7. The summed E-state index contributed by atoms with van der Waals surface area (Å²) in [6.45, 7) is 7.65.